The molecular weight excluding hydrogens is 241 g/mol. The van der Waals surface area contributed by atoms with Crippen LogP contribution >= 0.6 is 11.6 Å². The molecule has 0 aliphatic heterocycles. The van der Waals surface area contributed by atoms with Gasteiger partial charge in [-0.3, -0.25) is 0 Å². The van der Waals surface area contributed by atoms with Gasteiger partial charge in [-0.15, -0.1) is 0 Å². The van der Waals surface area contributed by atoms with Crippen LogP contribution < -0.4 is 5.19 Å². The highest BCUT2D eigenvalue weighted by Crippen LogP contribution is 2.34. The van der Waals surface area contributed by atoms with Crippen LogP contribution in [0.4, 0.5) is 13.2 Å². The van der Waals surface area contributed by atoms with Crippen LogP contribution in [-0.2, 0) is 6.18 Å². The van der Waals surface area contributed by atoms with Crippen LogP contribution in [0.15, 0.2) is 18.2 Å². The van der Waals surface area contributed by atoms with Gasteiger partial charge in [-0.1, -0.05) is 42.5 Å². The lowest BCUT2D eigenvalue weighted by molar-refractivity contribution is -0.137. The quantitative estimate of drug-likeness (QED) is 0.665. The molecule has 0 aromatic heterocycles. The molecule has 0 amide bonds. The standard InChI is InChI=1S/C10H12ClF3Si/c1-15(2,3)7-4-5-8(9(11)6-7)10(12,13)14/h4-6H,1-3H3. The molecule has 15 heavy (non-hydrogen) atoms. The van der Waals surface area contributed by atoms with Crippen molar-refractivity contribution in [3.8, 4) is 0 Å². The fourth-order valence-electron chi connectivity index (χ4n) is 1.21. The maximum Gasteiger partial charge on any atom is 0.417 e. The molecule has 1 aromatic carbocycles. The lowest BCUT2D eigenvalue weighted by Crippen LogP contribution is -2.37. The Labute approximate surface area is 93.1 Å². The van der Waals surface area contributed by atoms with Crippen molar-refractivity contribution in [2.24, 2.45) is 0 Å². The van der Waals surface area contributed by atoms with E-state index in [4.69, 9.17) is 11.6 Å². The summed E-state index contributed by atoms with van der Waals surface area (Å²) in [5.41, 5.74) is -0.758. The van der Waals surface area contributed by atoms with E-state index in [1.54, 1.807) is 0 Å². The Balaban J connectivity index is 3.21. The van der Waals surface area contributed by atoms with Crippen LogP contribution in [0.3, 0.4) is 0 Å². The molecule has 5 heteroatoms. The van der Waals surface area contributed by atoms with Gasteiger partial charge in [0, 0.05) is 0 Å². The fourth-order valence-corrected chi connectivity index (χ4v) is 2.75. The minimum Gasteiger partial charge on any atom is -0.166 e. The van der Waals surface area contributed by atoms with Gasteiger partial charge < -0.3 is 0 Å². The SMILES string of the molecule is C[Si](C)(C)c1ccc(C(F)(F)F)c(Cl)c1. The van der Waals surface area contributed by atoms with Crippen LogP contribution in [-0.4, -0.2) is 8.07 Å². The zero-order valence-corrected chi connectivity index (χ0v) is 10.5. The normalized spacial score (nSPS) is 13.0. The molecule has 0 spiro atoms. The smallest absolute Gasteiger partial charge is 0.166 e. The van der Waals surface area contributed by atoms with Gasteiger partial charge in [0.1, 0.15) is 0 Å². The van der Waals surface area contributed by atoms with Gasteiger partial charge in [0.15, 0.2) is 0 Å². The second kappa shape index (κ2) is 3.83. The van der Waals surface area contributed by atoms with E-state index >= 15 is 0 Å². The minimum atomic E-state index is -4.37. The molecule has 0 bridgehead atoms. The first kappa shape index (κ1) is 12.6. The summed E-state index contributed by atoms with van der Waals surface area (Å²) in [5, 5.41) is 0.725. The van der Waals surface area contributed by atoms with Crippen molar-refractivity contribution < 1.29 is 13.2 Å². The molecule has 1 aromatic rings. The van der Waals surface area contributed by atoms with Crippen LogP contribution in [0, 0.1) is 0 Å². The third kappa shape index (κ3) is 2.98. The molecule has 0 saturated carbocycles. The number of halogens is 4. The summed E-state index contributed by atoms with van der Waals surface area (Å²) in [7, 11) is -1.60. The van der Waals surface area contributed by atoms with Gasteiger partial charge in [-0.05, 0) is 12.1 Å². The van der Waals surface area contributed by atoms with E-state index < -0.39 is 19.8 Å². The summed E-state index contributed by atoms with van der Waals surface area (Å²) in [6.45, 7) is 6.18. The van der Waals surface area contributed by atoms with Crippen molar-refractivity contribution in [3.05, 3.63) is 28.8 Å². The highest BCUT2D eigenvalue weighted by molar-refractivity contribution is 6.88. The Hall–Kier alpha value is -0.483. The molecule has 0 fully saturated rings. The van der Waals surface area contributed by atoms with Gasteiger partial charge >= 0.3 is 6.18 Å². The predicted molar refractivity (Wildman–Crippen MR) is 59.4 cm³/mol. The monoisotopic (exact) mass is 252 g/mol. The van der Waals surface area contributed by atoms with Gasteiger partial charge in [0.25, 0.3) is 0 Å². The summed E-state index contributed by atoms with van der Waals surface area (Å²) in [6, 6.07) is 4.04. The first-order valence-corrected chi connectivity index (χ1v) is 8.37. The van der Waals surface area contributed by atoms with Crippen LogP contribution in [0.1, 0.15) is 5.56 Å². The molecule has 0 aliphatic carbocycles. The second-order valence-corrected chi connectivity index (χ2v) is 9.93. The summed E-state index contributed by atoms with van der Waals surface area (Å²) >= 11 is 5.62. The molecular formula is C10H12ClF3Si. The molecule has 0 atom stereocenters. The molecule has 0 N–H and O–H groups in total. The van der Waals surface area contributed by atoms with Crippen molar-refractivity contribution in [3.63, 3.8) is 0 Å². The van der Waals surface area contributed by atoms with Crippen molar-refractivity contribution in [1.82, 2.24) is 0 Å². The first-order chi connectivity index (χ1) is 6.62. The molecule has 0 heterocycles. The fraction of sp³-hybridized carbons (Fsp3) is 0.400. The van der Waals surface area contributed by atoms with Crippen LogP contribution in [0.2, 0.25) is 24.7 Å². The zero-order valence-electron chi connectivity index (χ0n) is 8.74. The van der Waals surface area contributed by atoms with Gasteiger partial charge in [0.2, 0.25) is 0 Å². The molecule has 1 rings (SSSR count). The Morgan fingerprint density at radius 1 is 1.13 bits per heavy atom. The van der Waals surface area contributed by atoms with Crippen molar-refractivity contribution in [1.29, 1.82) is 0 Å². The minimum absolute atomic E-state index is 0.206. The number of benzene rings is 1. The Bertz CT molecular complexity index is 366. The zero-order chi connectivity index (χ0) is 11.9. The van der Waals surface area contributed by atoms with Gasteiger partial charge in [-0.25, -0.2) is 0 Å². The average molecular weight is 253 g/mol. The van der Waals surface area contributed by atoms with E-state index in [0.717, 1.165) is 11.3 Å². The number of hydrogen-bond donors (Lipinski definition) is 0. The third-order valence-corrected chi connectivity index (χ3v) is 4.50. The lowest BCUT2D eigenvalue weighted by Gasteiger charge is -2.18. The van der Waals surface area contributed by atoms with Crippen molar-refractivity contribution in [2.45, 2.75) is 25.8 Å². The molecule has 0 radical (unpaired) electrons. The average Bonchev–Trinajstić information content (AvgIpc) is 1.99. The van der Waals surface area contributed by atoms with E-state index in [-0.39, 0.29) is 5.02 Å². The highest BCUT2D eigenvalue weighted by atomic mass is 35.5. The van der Waals surface area contributed by atoms with E-state index in [9.17, 15) is 13.2 Å². The number of rotatable bonds is 1. The van der Waals surface area contributed by atoms with Gasteiger partial charge in [0.05, 0.1) is 18.7 Å². The maximum absolute atomic E-state index is 12.4. The summed E-state index contributed by atoms with van der Waals surface area (Å²) in [6.07, 6.45) is -4.37. The number of hydrogen-bond acceptors (Lipinski definition) is 0. The van der Waals surface area contributed by atoms with E-state index in [1.807, 2.05) is 0 Å². The molecule has 0 aliphatic rings. The Morgan fingerprint density at radius 3 is 2.00 bits per heavy atom. The van der Waals surface area contributed by atoms with Crippen molar-refractivity contribution >= 4 is 24.9 Å². The largest absolute Gasteiger partial charge is 0.417 e. The third-order valence-electron chi connectivity index (χ3n) is 2.14. The van der Waals surface area contributed by atoms with E-state index in [2.05, 4.69) is 19.6 Å². The van der Waals surface area contributed by atoms with E-state index in [0.29, 0.717) is 0 Å². The molecule has 0 nitrogen and oxygen atoms in total. The Morgan fingerprint density at radius 2 is 1.67 bits per heavy atom. The Kier molecular flexibility index (Phi) is 3.21. The van der Waals surface area contributed by atoms with E-state index in [1.165, 1.54) is 12.1 Å². The first-order valence-electron chi connectivity index (χ1n) is 4.49. The second-order valence-electron chi connectivity index (χ2n) is 4.44. The summed E-state index contributed by atoms with van der Waals surface area (Å²) in [4.78, 5) is 0. The molecule has 0 saturated heterocycles. The topological polar surface area (TPSA) is 0 Å². The molecule has 84 valence electrons. The predicted octanol–water partition coefficient (Wildman–Crippen LogP) is 3.90. The maximum atomic E-state index is 12.4. The highest BCUT2D eigenvalue weighted by Gasteiger charge is 2.33. The molecule has 0 unspecified atom stereocenters. The summed E-state index contributed by atoms with van der Waals surface area (Å²) < 4.78 is 37.2. The lowest BCUT2D eigenvalue weighted by atomic mass is 10.2. The van der Waals surface area contributed by atoms with Crippen molar-refractivity contribution in [2.75, 3.05) is 0 Å². The van der Waals surface area contributed by atoms with Crippen LogP contribution in [0.25, 0.3) is 0 Å². The van der Waals surface area contributed by atoms with Crippen LogP contribution in [0.5, 0.6) is 0 Å². The summed E-state index contributed by atoms with van der Waals surface area (Å²) in [5.74, 6) is 0. The number of alkyl halides is 3. The van der Waals surface area contributed by atoms with Gasteiger partial charge in [-0.2, -0.15) is 13.2 Å².